The molecule has 0 radical (unpaired) electrons. The Hall–Kier alpha value is -3.61. The Morgan fingerprint density at radius 1 is 1.07 bits per heavy atom. The van der Waals surface area contributed by atoms with Gasteiger partial charge >= 0.3 is 11.9 Å². The van der Waals surface area contributed by atoms with Crippen molar-refractivity contribution in [3.63, 3.8) is 0 Å². The third-order valence-corrected chi connectivity index (χ3v) is 3.68. The van der Waals surface area contributed by atoms with Crippen molar-refractivity contribution < 1.29 is 23.5 Å². The van der Waals surface area contributed by atoms with Gasteiger partial charge in [-0.2, -0.15) is 0 Å². The van der Waals surface area contributed by atoms with E-state index in [-0.39, 0.29) is 18.4 Å². The second kappa shape index (κ2) is 8.18. The van der Waals surface area contributed by atoms with Crippen molar-refractivity contribution in [3.05, 3.63) is 54.6 Å². The van der Waals surface area contributed by atoms with Gasteiger partial charge in [-0.25, -0.2) is 9.78 Å². The number of rotatable bonds is 5. The summed E-state index contributed by atoms with van der Waals surface area (Å²) < 4.78 is 15.7. The van der Waals surface area contributed by atoms with Crippen LogP contribution in [0.2, 0.25) is 0 Å². The zero-order valence-electron chi connectivity index (χ0n) is 14.9. The van der Waals surface area contributed by atoms with Gasteiger partial charge in [0, 0.05) is 11.1 Å². The summed E-state index contributed by atoms with van der Waals surface area (Å²) in [5.74, 6) is -0.925. The molecule has 27 heavy (non-hydrogen) atoms. The van der Waals surface area contributed by atoms with Gasteiger partial charge in [0.25, 0.3) is 0 Å². The van der Waals surface area contributed by atoms with Crippen molar-refractivity contribution in [3.8, 4) is 28.5 Å². The number of carbonyl (C=O) groups is 2. The Labute approximate surface area is 155 Å². The second-order valence-corrected chi connectivity index (χ2v) is 5.47. The number of nitrogens with one attached hydrogen (secondary N) is 1. The summed E-state index contributed by atoms with van der Waals surface area (Å²) >= 11 is 0. The number of oxazole rings is 1. The summed E-state index contributed by atoms with van der Waals surface area (Å²) in [6.07, 6.45) is 0. The number of nitrogens with zero attached hydrogens (tertiary/aromatic N) is 1. The molecule has 0 saturated heterocycles. The highest BCUT2D eigenvalue weighted by atomic mass is 16.5. The van der Waals surface area contributed by atoms with E-state index in [0.717, 1.165) is 5.56 Å². The predicted octanol–water partition coefficient (Wildman–Crippen LogP) is 3.52. The van der Waals surface area contributed by atoms with E-state index in [0.29, 0.717) is 17.0 Å². The lowest BCUT2D eigenvalue weighted by atomic mass is 10.1. The van der Waals surface area contributed by atoms with E-state index in [4.69, 9.17) is 13.9 Å². The first-order chi connectivity index (χ1) is 13.1. The van der Waals surface area contributed by atoms with E-state index in [1.165, 1.54) is 0 Å². The summed E-state index contributed by atoms with van der Waals surface area (Å²) in [6.45, 7) is 1.72. The number of amides is 1. The van der Waals surface area contributed by atoms with E-state index in [9.17, 15) is 9.59 Å². The minimum Gasteiger partial charge on any atom is -0.497 e. The number of benzene rings is 2. The largest absolute Gasteiger partial charge is 0.497 e. The number of methoxy groups -OCH3 is 1. The molecule has 0 aliphatic heterocycles. The summed E-state index contributed by atoms with van der Waals surface area (Å²) in [4.78, 5) is 28.2. The molecular formula is C20H18N2O5. The SMILES string of the molecule is CCOC(=O)C(=O)Nc1oc(-c2cccc(OC)c2)nc1-c1ccccc1. The zero-order valence-corrected chi connectivity index (χ0v) is 14.9. The fourth-order valence-electron chi connectivity index (χ4n) is 2.43. The van der Waals surface area contributed by atoms with Crippen molar-refractivity contribution >= 4 is 17.8 Å². The Bertz CT molecular complexity index is 950. The van der Waals surface area contributed by atoms with Gasteiger partial charge in [-0.1, -0.05) is 36.4 Å². The fraction of sp³-hybridized carbons (Fsp3) is 0.150. The highest BCUT2D eigenvalue weighted by Gasteiger charge is 2.22. The Kier molecular flexibility index (Phi) is 5.51. The normalized spacial score (nSPS) is 10.3. The van der Waals surface area contributed by atoms with Gasteiger partial charge in [0.1, 0.15) is 11.4 Å². The molecule has 7 nitrogen and oxygen atoms in total. The molecule has 0 bridgehead atoms. The number of hydrogen-bond donors (Lipinski definition) is 1. The standard InChI is InChI=1S/C20H18N2O5/c1-3-26-20(24)17(23)22-19-16(13-8-5-4-6-9-13)21-18(27-19)14-10-7-11-15(12-14)25-2/h4-12H,3H2,1-2H3,(H,22,23). The van der Waals surface area contributed by atoms with Gasteiger partial charge in [0.15, 0.2) is 0 Å². The lowest BCUT2D eigenvalue weighted by Gasteiger charge is -2.03. The molecule has 0 aliphatic rings. The van der Waals surface area contributed by atoms with Crippen LogP contribution in [0, 0.1) is 0 Å². The van der Waals surface area contributed by atoms with Crippen LogP contribution in [0.3, 0.4) is 0 Å². The van der Waals surface area contributed by atoms with Crippen LogP contribution in [0.25, 0.3) is 22.7 Å². The Morgan fingerprint density at radius 2 is 1.81 bits per heavy atom. The zero-order chi connectivity index (χ0) is 19.2. The minimum atomic E-state index is -0.990. The quantitative estimate of drug-likeness (QED) is 0.549. The van der Waals surface area contributed by atoms with E-state index in [2.05, 4.69) is 10.3 Å². The van der Waals surface area contributed by atoms with Crippen LogP contribution in [0.4, 0.5) is 5.88 Å². The predicted molar refractivity (Wildman–Crippen MR) is 99.2 cm³/mol. The first-order valence-corrected chi connectivity index (χ1v) is 8.31. The number of hydrogen-bond acceptors (Lipinski definition) is 6. The summed E-state index contributed by atoms with van der Waals surface area (Å²) in [5.41, 5.74) is 1.81. The van der Waals surface area contributed by atoms with Gasteiger partial charge in [-0.3, -0.25) is 10.1 Å². The van der Waals surface area contributed by atoms with Crippen LogP contribution >= 0.6 is 0 Å². The average Bonchev–Trinajstić information content (AvgIpc) is 3.12. The molecule has 1 amide bonds. The highest BCUT2D eigenvalue weighted by molar-refractivity contribution is 6.37. The van der Waals surface area contributed by atoms with Crippen LogP contribution in [-0.4, -0.2) is 30.6 Å². The molecule has 3 aromatic rings. The van der Waals surface area contributed by atoms with Gasteiger partial charge in [0.05, 0.1) is 13.7 Å². The number of anilines is 1. The van der Waals surface area contributed by atoms with Crippen molar-refractivity contribution in [1.82, 2.24) is 4.98 Å². The van der Waals surface area contributed by atoms with E-state index in [1.807, 2.05) is 30.3 Å². The lowest BCUT2D eigenvalue weighted by Crippen LogP contribution is -2.25. The monoisotopic (exact) mass is 366 g/mol. The van der Waals surface area contributed by atoms with E-state index in [1.54, 1.807) is 38.3 Å². The number of esters is 1. The summed E-state index contributed by atoms with van der Waals surface area (Å²) in [5, 5.41) is 2.44. The molecule has 1 heterocycles. The van der Waals surface area contributed by atoms with Crippen molar-refractivity contribution in [2.75, 3.05) is 19.0 Å². The maximum absolute atomic E-state index is 12.0. The Morgan fingerprint density at radius 3 is 2.52 bits per heavy atom. The first-order valence-electron chi connectivity index (χ1n) is 8.31. The third-order valence-electron chi connectivity index (χ3n) is 3.68. The van der Waals surface area contributed by atoms with Gasteiger partial charge < -0.3 is 13.9 Å². The summed E-state index contributed by atoms with van der Waals surface area (Å²) in [6, 6.07) is 16.4. The van der Waals surface area contributed by atoms with Crippen LogP contribution in [0.1, 0.15) is 6.92 Å². The number of carbonyl (C=O) groups excluding carboxylic acids is 2. The number of ether oxygens (including phenoxy) is 2. The molecule has 7 heteroatoms. The van der Waals surface area contributed by atoms with E-state index >= 15 is 0 Å². The molecule has 0 saturated carbocycles. The molecule has 1 aromatic heterocycles. The molecule has 138 valence electrons. The fourth-order valence-corrected chi connectivity index (χ4v) is 2.43. The van der Waals surface area contributed by atoms with Crippen molar-refractivity contribution in [2.45, 2.75) is 6.92 Å². The second-order valence-electron chi connectivity index (χ2n) is 5.47. The molecule has 0 spiro atoms. The van der Waals surface area contributed by atoms with Crippen molar-refractivity contribution in [2.24, 2.45) is 0 Å². The molecule has 1 N–H and O–H groups in total. The number of aromatic nitrogens is 1. The molecule has 0 atom stereocenters. The van der Waals surface area contributed by atoms with Crippen molar-refractivity contribution in [1.29, 1.82) is 0 Å². The molecule has 0 fully saturated rings. The lowest BCUT2D eigenvalue weighted by molar-refractivity contribution is -0.152. The maximum Gasteiger partial charge on any atom is 0.397 e. The Balaban J connectivity index is 2.01. The molecule has 0 unspecified atom stereocenters. The van der Waals surface area contributed by atoms with Gasteiger partial charge in [0.2, 0.25) is 11.8 Å². The summed E-state index contributed by atoms with van der Waals surface area (Å²) in [7, 11) is 1.56. The molecular weight excluding hydrogens is 348 g/mol. The average molecular weight is 366 g/mol. The third kappa shape index (κ3) is 4.14. The molecule has 0 aliphatic carbocycles. The highest BCUT2D eigenvalue weighted by Crippen LogP contribution is 2.33. The van der Waals surface area contributed by atoms with Crippen LogP contribution in [0.15, 0.2) is 59.0 Å². The van der Waals surface area contributed by atoms with Crippen LogP contribution < -0.4 is 10.1 Å². The topological polar surface area (TPSA) is 90.7 Å². The van der Waals surface area contributed by atoms with Crippen LogP contribution in [0.5, 0.6) is 5.75 Å². The molecule has 3 rings (SSSR count). The van der Waals surface area contributed by atoms with Gasteiger partial charge in [-0.05, 0) is 25.1 Å². The smallest absolute Gasteiger partial charge is 0.397 e. The molecule has 2 aromatic carbocycles. The first kappa shape index (κ1) is 18.2. The van der Waals surface area contributed by atoms with E-state index < -0.39 is 11.9 Å². The van der Waals surface area contributed by atoms with Crippen LogP contribution in [-0.2, 0) is 14.3 Å². The van der Waals surface area contributed by atoms with Gasteiger partial charge in [-0.15, -0.1) is 0 Å². The minimum absolute atomic E-state index is 0.0667. The maximum atomic E-state index is 12.0.